The molecule has 1 atom stereocenters. The first-order valence-electron chi connectivity index (χ1n) is 12.5. The van der Waals surface area contributed by atoms with Crippen molar-refractivity contribution in [3.8, 4) is 5.69 Å². The molecule has 1 aliphatic heterocycles. The van der Waals surface area contributed by atoms with E-state index in [9.17, 15) is 9.59 Å². The zero-order valence-electron chi connectivity index (χ0n) is 22.0. The van der Waals surface area contributed by atoms with Gasteiger partial charge in [-0.2, -0.15) is 16.4 Å². The van der Waals surface area contributed by atoms with E-state index in [-0.39, 0.29) is 34.8 Å². The third-order valence-corrected chi connectivity index (χ3v) is 8.46. The topological polar surface area (TPSA) is 80.1 Å². The Balaban J connectivity index is 1.64. The number of hydrogen-bond donors (Lipinski definition) is 1. The highest BCUT2D eigenvalue weighted by molar-refractivity contribution is 8.00. The summed E-state index contributed by atoms with van der Waals surface area (Å²) in [6, 6.07) is 13.9. The molecule has 3 aromatic heterocycles. The molecule has 196 valence electrons. The Hall–Kier alpha value is -3.43. The van der Waals surface area contributed by atoms with E-state index in [2.05, 4.69) is 47.9 Å². The fourth-order valence-corrected chi connectivity index (χ4v) is 6.59. The molecule has 4 aromatic rings. The Morgan fingerprint density at radius 3 is 2.66 bits per heavy atom. The van der Waals surface area contributed by atoms with Gasteiger partial charge in [-0.3, -0.25) is 19.5 Å². The molecule has 5 rings (SSSR count). The third kappa shape index (κ3) is 5.26. The summed E-state index contributed by atoms with van der Waals surface area (Å²) in [6.45, 7) is 8.72. The van der Waals surface area contributed by atoms with Crippen molar-refractivity contribution in [1.29, 1.82) is 0 Å². The van der Waals surface area contributed by atoms with E-state index < -0.39 is 0 Å². The summed E-state index contributed by atoms with van der Waals surface area (Å²) in [5, 5.41) is 12.2. The number of aromatic nitrogens is 3. The van der Waals surface area contributed by atoms with Gasteiger partial charge in [0.2, 0.25) is 11.8 Å². The van der Waals surface area contributed by atoms with Crippen LogP contribution in [0.25, 0.3) is 5.69 Å². The number of nitrogens with zero attached hydrogens (tertiary/aromatic N) is 4. The molecule has 0 aliphatic carbocycles. The molecule has 0 saturated carbocycles. The molecule has 0 saturated heterocycles. The fraction of sp³-hybridized carbons (Fsp3) is 0.310. The summed E-state index contributed by atoms with van der Waals surface area (Å²) in [4.78, 5) is 32.7. The van der Waals surface area contributed by atoms with Crippen LogP contribution in [-0.4, -0.2) is 38.9 Å². The molecule has 0 fully saturated rings. The summed E-state index contributed by atoms with van der Waals surface area (Å²) in [6.07, 6.45) is 3.42. The van der Waals surface area contributed by atoms with E-state index >= 15 is 0 Å². The van der Waals surface area contributed by atoms with Crippen LogP contribution in [-0.2, 0) is 21.5 Å². The van der Waals surface area contributed by atoms with Gasteiger partial charge in [0, 0.05) is 29.9 Å². The van der Waals surface area contributed by atoms with Crippen LogP contribution in [0.5, 0.6) is 0 Å². The van der Waals surface area contributed by atoms with Gasteiger partial charge in [-0.25, -0.2) is 4.68 Å². The molecule has 0 spiro atoms. The number of thiophene rings is 1. The lowest BCUT2D eigenvalue weighted by Crippen LogP contribution is -2.42. The largest absolute Gasteiger partial charge is 0.350 e. The number of para-hydroxylation sites is 1. The lowest BCUT2D eigenvalue weighted by molar-refractivity contribution is -0.123. The number of nitrogens with one attached hydrogen (secondary N) is 1. The SMILES string of the molecule is Cc1ccccc1-n1nc(C(C)(C)C)c2c1N(CC(=O)NCc1cccnc1)C(=O)CS[C@@H]2c1ccsc1. The van der Waals surface area contributed by atoms with Crippen LogP contribution in [0.3, 0.4) is 0 Å². The molecule has 9 heteroatoms. The van der Waals surface area contributed by atoms with E-state index in [0.717, 1.165) is 33.6 Å². The minimum absolute atomic E-state index is 0.0735. The summed E-state index contributed by atoms with van der Waals surface area (Å²) < 4.78 is 1.88. The smallest absolute Gasteiger partial charge is 0.240 e. The molecule has 0 bridgehead atoms. The number of amides is 2. The van der Waals surface area contributed by atoms with Crippen LogP contribution in [0.1, 0.15) is 54.0 Å². The Labute approximate surface area is 231 Å². The molecule has 1 N–H and O–H groups in total. The number of aryl methyl sites for hydroxylation is 1. The monoisotopic (exact) mass is 545 g/mol. The van der Waals surface area contributed by atoms with Gasteiger partial charge in [0.15, 0.2) is 0 Å². The maximum absolute atomic E-state index is 13.7. The van der Waals surface area contributed by atoms with Gasteiger partial charge >= 0.3 is 0 Å². The predicted octanol–water partition coefficient (Wildman–Crippen LogP) is 5.42. The van der Waals surface area contributed by atoms with Gasteiger partial charge in [0.1, 0.15) is 12.4 Å². The van der Waals surface area contributed by atoms with Crippen molar-refractivity contribution in [1.82, 2.24) is 20.1 Å². The number of anilines is 1. The molecule has 4 heterocycles. The van der Waals surface area contributed by atoms with Crippen molar-refractivity contribution in [2.24, 2.45) is 0 Å². The summed E-state index contributed by atoms with van der Waals surface area (Å²) in [5.74, 6) is 0.595. The predicted molar refractivity (Wildman–Crippen MR) is 154 cm³/mol. The van der Waals surface area contributed by atoms with Crippen molar-refractivity contribution in [2.75, 3.05) is 17.2 Å². The zero-order valence-corrected chi connectivity index (χ0v) is 23.6. The van der Waals surface area contributed by atoms with Crippen LogP contribution < -0.4 is 10.2 Å². The van der Waals surface area contributed by atoms with Crippen LogP contribution in [0.2, 0.25) is 0 Å². The second kappa shape index (κ2) is 10.7. The number of benzene rings is 1. The number of fused-ring (bicyclic) bond motifs is 1. The van der Waals surface area contributed by atoms with E-state index in [1.165, 1.54) is 0 Å². The number of pyridine rings is 1. The molecule has 2 amide bonds. The van der Waals surface area contributed by atoms with Gasteiger partial charge in [0.25, 0.3) is 0 Å². The lowest BCUT2D eigenvalue weighted by atomic mass is 9.87. The van der Waals surface area contributed by atoms with Gasteiger partial charge < -0.3 is 5.32 Å². The van der Waals surface area contributed by atoms with Crippen LogP contribution in [0.15, 0.2) is 65.6 Å². The minimum atomic E-state index is -0.283. The number of thioether (sulfide) groups is 1. The third-order valence-electron chi connectivity index (χ3n) is 6.50. The fourth-order valence-electron chi connectivity index (χ4n) is 4.63. The number of carbonyl (C=O) groups excluding carboxylic acids is 2. The van der Waals surface area contributed by atoms with Crippen LogP contribution >= 0.6 is 23.1 Å². The quantitative estimate of drug-likeness (QED) is 0.350. The van der Waals surface area contributed by atoms with Gasteiger partial charge in [-0.15, -0.1) is 11.8 Å². The number of hydrogen-bond acceptors (Lipinski definition) is 6. The first kappa shape index (κ1) is 26.2. The van der Waals surface area contributed by atoms with Gasteiger partial charge in [-0.1, -0.05) is 45.0 Å². The van der Waals surface area contributed by atoms with E-state index in [4.69, 9.17) is 5.10 Å². The maximum atomic E-state index is 13.7. The van der Waals surface area contributed by atoms with Crippen molar-refractivity contribution in [3.05, 3.63) is 93.6 Å². The average molecular weight is 546 g/mol. The minimum Gasteiger partial charge on any atom is -0.350 e. The Bertz CT molecular complexity index is 1440. The Morgan fingerprint density at radius 1 is 1.16 bits per heavy atom. The van der Waals surface area contributed by atoms with Crippen LogP contribution in [0, 0.1) is 6.92 Å². The molecular formula is C29H31N5O2S2. The highest BCUT2D eigenvalue weighted by Gasteiger charge is 2.40. The molecular weight excluding hydrogens is 514 g/mol. The number of rotatable bonds is 6. The lowest BCUT2D eigenvalue weighted by Gasteiger charge is -2.24. The Morgan fingerprint density at radius 2 is 1.97 bits per heavy atom. The summed E-state index contributed by atoms with van der Waals surface area (Å²) in [5.41, 5.74) is 5.61. The van der Waals surface area contributed by atoms with Gasteiger partial charge in [0.05, 0.1) is 22.4 Å². The highest BCUT2D eigenvalue weighted by atomic mass is 32.2. The molecule has 38 heavy (non-hydrogen) atoms. The molecule has 7 nitrogen and oxygen atoms in total. The molecule has 1 aromatic carbocycles. The van der Waals surface area contributed by atoms with Crippen molar-refractivity contribution in [2.45, 2.75) is 44.9 Å². The van der Waals surface area contributed by atoms with E-state index in [0.29, 0.717) is 12.4 Å². The van der Waals surface area contributed by atoms with E-state index in [1.807, 2.05) is 48.0 Å². The highest BCUT2D eigenvalue weighted by Crippen LogP contribution is 2.48. The number of carbonyl (C=O) groups is 2. The zero-order chi connectivity index (χ0) is 26.9. The second-order valence-electron chi connectivity index (χ2n) is 10.4. The Kier molecular flexibility index (Phi) is 7.40. The van der Waals surface area contributed by atoms with Crippen molar-refractivity contribution in [3.63, 3.8) is 0 Å². The standard InChI is InChI=1S/C29H31N5O2S2/c1-19-8-5-6-10-22(19)34-28-25(27(32-34)29(2,3)4)26(21-11-13-37-17-21)38-18-24(36)33(28)16-23(35)31-15-20-9-7-12-30-14-20/h5-14,17,26H,15-16,18H2,1-4H3,(H,31,35)/t26-/m1/s1. The summed E-state index contributed by atoms with van der Waals surface area (Å²) in [7, 11) is 0. The molecule has 1 aliphatic rings. The normalized spacial score (nSPS) is 15.7. The summed E-state index contributed by atoms with van der Waals surface area (Å²) >= 11 is 3.24. The van der Waals surface area contributed by atoms with Gasteiger partial charge in [-0.05, 0) is 52.6 Å². The second-order valence-corrected chi connectivity index (χ2v) is 12.3. The van der Waals surface area contributed by atoms with Crippen molar-refractivity contribution >= 4 is 40.7 Å². The molecule has 0 unspecified atom stereocenters. The van der Waals surface area contributed by atoms with Crippen LogP contribution in [0.4, 0.5) is 5.82 Å². The first-order valence-corrected chi connectivity index (χ1v) is 14.5. The van der Waals surface area contributed by atoms with Crippen molar-refractivity contribution < 1.29 is 9.59 Å². The maximum Gasteiger partial charge on any atom is 0.240 e. The molecule has 0 radical (unpaired) electrons. The first-order chi connectivity index (χ1) is 18.2. The average Bonchev–Trinajstić information content (AvgIpc) is 3.54. The van der Waals surface area contributed by atoms with E-state index in [1.54, 1.807) is 40.4 Å².